The molecule has 0 fully saturated rings. The molecule has 0 aliphatic heterocycles. The second kappa shape index (κ2) is 10.0. The van der Waals surface area contributed by atoms with Gasteiger partial charge in [0.05, 0.1) is 19.8 Å². The fourth-order valence-corrected chi connectivity index (χ4v) is 3.06. The normalized spacial score (nSPS) is 10.8. The van der Waals surface area contributed by atoms with Crippen molar-refractivity contribution in [3.8, 4) is 0 Å². The number of carbonyl (C=O) groups excluding carboxylic acids is 2. The van der Waals surface area contributed by atoms with Gasteiger partial charge < -0.3 is 14.4 Å². The maximum Gasteiger partial charge on any atom is 0.357 e. The lowest BCUT2D eigenvalue weighted by Crippen LogP contribution is -2.38. The van der Waals surface area contributed by atoms with Crippen LogP contribution in [0.25, 0.3) is 0 Å². The molecule has 0 saturated heterocycles. The Bertz CT molecular complexity index is 715. The number of hydrogen-bond donors (Lipinski definition) is 0. The van der Waals surface area contributed by atoms with Gasteiger partial charge in [0.1, 0.15) is 11.6 Å². The molecule has 0 saturated carbocycles. The van der Waals surface area contributed by atoms with Gasteiger partial charge in [-0.3, -0.25) is 4.79 Å². The van der Waals surface area contributed by atoms with Crippen LogP contribution < -0.4 is 0 Å². The molecule has 0 N–H and O–H groups in total. The Balaban J connectivity index is 1.91. The van der Waals surface area contributed by atoms with Crippen molar-refractivity contribution in [3.63, 3.8) is 0 Å². The van der Waals surface area contributed by atoms with Crippen LogP contribution in [0.1, 0.15) is 41.8 Å². The lowest BCUT2D eigenvalue weighted by atomic mass is 10.2. The number of carbonyl (C=O) groups is 2. The molecule has 0 aliphatic rings. The SMILES string of the molecule is CCOC(=O)c1csc(CN(C(=O)COCc2ccccc2)C(C)C)n1. The summed E-state index contributed by atoms with van der Waals surface area (Å²) in [6, 6.07) is 9.72. The van der Waals surface area contributed by atoms with E-state index in [2.05, 4.69) is 4.98 Å². The van der Waals surface area contributed by atoms with E-state index >= 15 is 0 Å². The van der Waals surface area contributed by atoms with Gasteiger partial charge >= 0.3 is 5.97 Å². The number of rotatable bonds is 9. The molecule has 0 aliphatic carbocycles. The standard InChI is InChI=1S/C19H24N2O4S/c1-4-25-19(23)16-13-26-17(20-16)10-21(14(2)3)18(22)12-24-11-15-8-6-5-7-9-15/h5-9,13-14H,4,10-12H2,1-3H3. The summed E-state index contributed by atoms with van der Waals surface area (Å²) in [4.78, 5) is 30.2. The fourth-order valence-electron chi connectivity index (χ4n) is 2.30. The summed E-state index contributed by atoms with van der Waals surface area (Å²) in [5, 5.41) is 2.35. The Labute approximate surface area is 157 Å². The Hall–Kier alpha value is -2.25. The molecular weight excluding hydrogens is 352 g/mol. The van der Waals surface area contributed by atoms with E-state index in [9.17, 15) is 9.59 Å². The molecule has 0 radical (unpaired) electrons. The van der Waals surface area contributed by atoms with Crippen molar-refractivity contribution in [1.82, 2.24) is 9.88 Å². The number of esters is 1. The van der Waals surface area contributed by atoms with Crippen molar-refractivity contribution in [2.45, 2.75) is 40.0 Å². The number of thiazole rings is 1. The highest BCUT2D eigenvalue weighted by molar-refractivity contribution is 7.09. The van der Waals surface area contributed by atoms with E-state index in [-0.39, 0.29) is 24.2 Å². The van der Waals surface area contributed by atoms with Gasteiger partial charge in [-0.25, -0.2) is 9.78 Å². The molecule has 1 aromatic heterocycles. The minimum absolute atomic E-state index is 0.00207. The van der Waals surface area contributed by atoms with Gasteiger partial charge in [0.2, 0.25) is 5.91 Å². The molecule has 6 nitrogen and oxygen atoms in total. The van der Waals surface area contributed by atoms with Crippen molar-refractivity contribution >= 4 is 23.2 Å². The van der Waals surface area contributed by atoms with Crippen LogP contribution in [0.4, 0.5) is 0 Å². The number of nitrogens with zero attached hydrogens (tertiary/aromatic N) is 2. The van der Waals surface area contributed by atoms with E-state index in [0.29, 0.717) is 24.8 Å². The maximum atomic E-state index is 12.5. The summed E-state index contributed by atoms with van der Waals surface area (Å²) in [5.74, 6) is -0.549. The largest absolute Gasteiger partial charge is 0.461 e. The van der Waals surface area contributed by atoms with Gasteiger partial charge in [-0.05, 0) is 26.3 Å². The summed E-state index contributed by atoms with van der Waals surface area (Å²) < 4.78 is 10.5. The first-order valence-electron chi connectivity index (χ1n) is 8.54. The third-order valence-electron chi connectivity index (χ3n) is 3.62. The van der Waals surface area contributed by atoms with Crippen LogP contribution in [0.5, 0.6) is 0 Å². The third kappa shape index (κ3) is 5.93. The highest BCUT2D eigenvalue weighted by Gasteiger charge is 2.20. The second-order valence-electron chi connectivity index (χ2n) is 5.94. The molecule has 2 aromatic rings. The molecule has 0 atom stereocenters. The summed E-state index contributed by atoms with van der Waals surface area (Å²) in [7, 11) is 0. The van der Waals surface area contributed by atoms with E-state index in [1.807, 2.05) is 44.2 Å². The molecule has 2 rings (SSSR count). The molecule has 1 aromatic carbocycles. The van der Waals surface area contributed by atoms with Crippen molar-refractivity contribution in [2.24, 2.45) is 0 Å². The quantitative estimate of drug-likeness (QED) is 0.628. The highest BCUT2D eigenvalue weighted by Crippen LogP contribution is 2.15. The van der Waals surface area contributed by atoms with Crippen LogP contribution in [-0.4, -0.2) is 41.0 Å². The molecule has 26 heavy (non-hydrogen) atoms. The van der Waals surface area contributed by atoms with Crippen molar-refractivity contribution < 1.29 is 19.1 Å². The zero-order valence-corrected chi connectivity index (χ0v) is 16.1. The van der Waals surface area contributed by atoms with E-state index in [1.54, 1.807) is 17.2 Å². The lowest BCUT2D eigenvalue weighted by molar-refractivity contribution is -0.139. The molecule has 1 heterocycles. The number of aromatic nitrogens is 1. The third-order valence-corrected chi connectivity index (χ3v) is 4.46. The van der Waals surface area contributed by atoms with Gasteiger partial charge in [-0.1, -0.05) is 30.3 Å². The molecule has 0 spiro atoms. The molecule has 0 unspecified atom stereocenters. The number of amides is 1. The second-order valence-corrected chi connectivity index (χ2v) is 6.88. The number of hydrogen-bond acceptors (Lipinski definition) is 6. The number of benzene rings is 1. The fraction of sp³-hybridized carbons (Fsp3) is 0.421. The maximum absolute atomic E-state index is 12.5. The smallest absolute Gasteiger partial charge is 0.357 e. The molecule has 1 amide bonds. The van der Waals surface area contributed by atoms with Crippen LogP contribution in [0, 0.1) is 0 Å². The van der Waals surface area contributed by atoms with Gasteiger partial charge in [0.15, 0.2) is 5.69 Å². The van der Waals surface area contributed by atoms with E-state index in [0.717, 1.165) is 5.56 Å². The molecule has 140 valence electrons. The van der Waals surface area contributed by atoms with Crippen molar-refractivity contribution in [2.75, 3.05) is 13.2 Å². The summed E-state index contributed by atoms with van der Waals surface area (Å²) in [5.41, 5.74) is 1.30. The predicted octanol–water partition coefficient (Wildman–Crippen LogP) is 3.27. The van der Waals surface area contributed by atoms with Crippen molar-refractivity contribution in [3.05, 3.63) is 52.0 Å². The summed E-state index contributed by atoms with van der Waals surface area (Å²) in [6.07, 6.45) is 0. The highest BCUT2D eigenvalue weighted by atomic mass is 32.1. The zero-order valence-electron chi connectivity index (χ0n) is 15.3. The van der Waals surface area contributed by atoms with Crippen LogP contribution in [-0.2, 0) is 27.4 Å². The van der Waals surface area contributed by atoms with Crippen LogP contribution >= 0.6 is 11.3 Å². The Morgan fingerprint density at radius 2 is 1.96 bits per heavy atom. The van der Waals surface area contributed by atoms with Crippen LogP contribution in [0.15, 0.2) is 35.7 Å². The zero-order chi connectivity index (χ0) is 18.9. The van der Waals surface area contributed by atoms with Crippen LogP contribution in [0.3, 0.4) is 0 Å². The van der Waals surface area contributed by atoms with Gasteiger partial charge in [-0.15, -0.1) is 11.3 Å². The Kier molecular flexibility index (Phi) is 7.74. The first kappa shape index (κ1) is 20.1. The topological polar surface area (TPSA) is 68.7 Å². The molecule has 0 bridgehead atoms. The minimum Gasteiger partial charge on any atom is -0.461 e. The van der Waals surface area contributed by atoms with Gasteiger partial charge in [-0.2, -0.15) is 0 Å². The summed E-state index contributed by atoms with van der Waals surface area (Å²) >= 11 is 1.34. The van der Waals surface area contributed by atoms with E-state index in [1.165, 1.54) is 11.3 Å². The van der Waals surface area contributed by atoms with Crippen molar-refractivity contribution in [1.29, 1.82) is 0 Å². The Morgan fingerprint density at radius 1 is 1.23 bits per heavy atom. The Morgan fingerprint density at radius 3 is 2.62 bits per heavy atom. The number of ether oxygens (including phenoxy) is 2. The molecule has 7 heteroatoms. The minimum atomic E-state index is -0.441. The average molecular weight is 376 g/mol. The average Bonchev–Trinajstić information content (AvgIpc) is 3.09. The molecular formula is C19H24N2O4S. The monoisotopic (exact) mass is 376 g/mol. The lowest BCUT2D eigenvalue weighted by Gasteiger charge is -2.25. The van der Waals surface area contributed by atoms with Gasteiger partial charge in [0.25, 0.3) is 0 Å². The first-order chi connectivity index (χ1) is 12.5. The summed E-state index contributed by atoms with van der Waals surface area (Å²) in [6.45, 7) is 6.67. The predicted molar refractivity (Wildman–Crippen MR) is 99.9 cm³/mol. The van der Waals surface area contributed by atoms with E-state index in [4.69, 9.17) is 9.47 Å². The first-order valence-corrected chi connectivity index (χ1v) is 9.41. The van der Waals surface area contributed by atoms with E-state index < -0.39 is 5.97 Å². The van der Waals surface area contributed by atoms with Crippen LogP contribution in [0.2, 0.25) is 0 Å². The van der Waals surface area contributed by atoms with Gasteiger partial charge in [0, 0.05) is 11.4 Å².